The number of phenolic OH excluding ortho intramolecular Hbond substituents is 8. The van der Waals surface area contributed by atoms with Gasteiger partial charge >= 0.3 is 5.97 Å². The first kappa shape index (κ1) is 40.8. The number of benzene rings is 6. The first-order valence-electron chi connectivity index (χ1n) is 16.5. The fraction of sp³-hybridized carbons (Fsp3) is 0.0465. The van der Waals surface area contributed by atoms with Gasteiger partial charge in [0.15, 0.2) is 11.2 Å². The summed E-state index contributed by atoms with van der Waals surface area (Å²) in [5, 5.41) is 81.4. The number of carbonyl (C=O) groups is 2. The summed E-state index contributed by atoms with van der Waals surface area (Å²) in [5.74, 6) is -0.791. The molecule has 0 saturated carbocycles. The molecule has 286 valence electrons. The van der Waals surface area contributed by atoms with E-state index >= 15 is 0 Å². The fourth-order valence-corrected chi connectivity index (χ4v) is 4.89. The minimum atomic E-state index is -0.865. The molecule has 9 N–H and O–H groups in total. The maximum absolute atomic E-state index is 12.3. The summed E-state index contributed by atoms with van der Waals surface area (Å²) in [6.07, 6.45) is 1.48. The monoisotopic (exact) mass is 760 g/mol. The largest absolute Gasteiger partial charge is 0.508 e. The van der Waals surface area contributed by atoms with Gasteiger partial charge in [0.1, 0.15) is 57.8 Å². The van der Waals surface area contributed by atoms with Gasteiger partial charge in [-0.15, -0.1) is 0 Å². The number of hydrogen-bond acceptors (Lipinski definition) is 12. The minimum absolute atomic E-state index is 0.000278. The van der Waals surface area contributed by atoms with Crippen molar-refractivity contribution >= 4 is 22.7 Å². The summed E-state index contributed by atoms with van der Waals surface area (Å²) in [7, 11) is 0. The number of ketones is 1. The Labute approximate surface area is 318 Å². The van der Waals surface area contributed by atoms with E-state index in [0.29, 0.717) is 27.7 Å². The van der Waals surface area contributed by atoms with Gasteiger partial charge in [0, 0.05) is 24.6 Å². The molecule has 0 saturated heterocycles. The van der Waals surface area contributed by atoms with Gasteiger partial charge in [-0.25, -0.2) is 0 Å². The molecule has 1 heterocycles. The number of aromatic hydroxyl groups is 8. The van der Waals surface area contributed by atoms with Crippen molar-refractivity contribution in [1.29, 1.82) is 0 Å². The molecular formula is C43H36O13. The SMILES string of the molecule is O=C(Cc1ccc(O)cc1)c1ccc(O)cc1O.O=C(O)Cc1ccc(O)cc1.O=c1c(-c2ccc(O)cc2)coc2cc(O)ccc12.Oc1cccc(O)c1. The molecule has 0 atom stereocenters. The molecule has 13 nitrogen and oxygen atoms in total. The molecule has 0 aliphatic heterocycles. The standard InChI is InChI=1S/C15H10O4.C14H12O4.C8H8O3.C6H6O2/c16-10-3-1-9(2-4-10)13-8-19-14-7-11(17)5-6-12(14)15(13)18;15-10-3-1-9(2-4-10)7-13(17)12-6-5-11(16)8-14(12)18;9-7-3-1-6(2-4-7)5-8(10)11;7-5-2-1-3-6(8)4-5/h1-8,16-17H;1-6,8,15-16,18H,7H2;1-4,9H,5H2,(H,10,11);1-4,7-8H. The molecule has 0 bridgehead atoms. The topological polar surface area (TPSA) is 246 Å². The Kier molecular flexibility index (Phi) is 14.0. The van der Waals surface area contributed by atoms with Crippen LogP contribution in [0.1, 0.15) is 21.5 Å². The van der Waals surface area contributed by atoms with Crippen LogP contribution in [0.2, 0.25) is 0 Å². The lowest BCUT2D eigenvalue weighted by Gasteiger charge is -2.04. The highest BCUT2D eigenvalue weighted by Crippen LogP contribution is 2.25. The number of Topliss-reactive ketones (excluding diaryl/α,β-unsaturated/α-hetero) is 1. The van der Waals surface area contributed by atoms with Crippen LogP contribution in [-0.2, 0) is 17.6 Å². The molecule has 56 heavy (non-hydrogen) atoms. The predicted molar refractivity (Wildman–Crippen MR) is 206 cm³/mol. The second-order valence-corrected chi connectivity index (χ2v) is 11.9. The molecule has 7 aromatic rings. The third kappa shape index (κ3) is 12.3. The highest BCUT2D eigenvalue weighted by molar-refractivity contribution is 6.00. The van der Waals surface area contributed by atoms with E-state index in [1.165, 1.54) is 91.2 Å². The van der Waals surface area contributed by atoms with Crippen LogP contribution < -0.4 is 5.43 Å². The fourth-order valence-electron chi connectivity index (χ4n) is 4.89. The molecule has 0 fully saturated rings. The lowest BCUT2D eigenvalue weighted by molar-refractivity contribution is -0.136. The lowest BCUT2D eigenvalue weighted by Crippen LogP contribution is -2.04. The summed E-state index contributed by atoms with van der Waals surface area (Å²) >= 11 is 0. The molecule has 1 aromatic heterocycles. The molecule has 0 spiro atoms. The first-order valence-corrected chi connectivity index (χ1v) is 16.5. The molecule has 0 aliphatic carbocycles. The van der Waals surface area contributed by atoms with Crippen molar-refractivity contribution in [2.24, 2.45) is 0 Å². The van der Waals surface area contributed by atoms with Crippen LogP contribution in [0.5, 0.6) is 46.0 Å². The van der Waals surface area contributed by atoms with E-state index in [2.05, 4.69) is 0 Å². The summed E-state index contributed by atoms with van der Waals surface area (Å²) < 4.78 is 5.37. The second kappa shape index (κ2) is 19.2. The van der Waals surface area contributed by atoms with E-state index in [9.17, 15) is 29.7 Å². The summed E-state index contributed by atoms with van der Waals surface area (Å²) in [6.45, 7) is 0. The van der Waals surface area contributed by atoms with Gasteiger partial charge < -0.3 is 50.4 Å². The zero-order valence-corrected chi connectivity index (χ0v) is 29.4. The van der Waals surface area contributed by atoms with Crippen molar-refractivity contribution in [2.45, 2.75) is 12.8 Å². The normalized spacial score (nSPS) is 10.1. The average molecular weight is 761 g/mol. The van der Waals surface area contributed by atoms with Crippen LogP contribution in [-0.4, -0.2) is 57.7 Å². The third-order valence-electron chi connectivity index (χ3n) is 7.64. The molecule has 0 unspecified atom stereocenters. The number of aliphatic carboxylic acids is 1. The minimum Gasteiger partial charge on any atom is -0.508 e. The van der Waals surface area contributed by atoms with Crippen LogP contribution in [0, 0.1) is 0 Å². The average Bonchev–Trinajstić information content (AvgIpc) is 3.15. The van der Waals surface area contributed by atoms with E-state index in [1.54, 1.807) is 42.5 Å². The third-order valence-corrected chi connectivity index (χ3v) is 7.64. The van der Waals surface area contributed by atoms with E-state index in [1.807, 2.05) is 0 Å². The van der Waals surface area contributed by atoms with Crippen LogP contribution in [0.15, 0.2) is 149 Å². The number of carboxylic acid groups (broad SMARTS) is 1. The number of fused-ring (bicyclic) bond motifs is 1. The number of hydrogen-bond donors (Lipinski definition) is 9. The van der Waals surface area contributed by atoms with Gasteiger partial charge in [-0.1, -0.05) is 42.5 Å². The van der Waals surface area contributed by atoms with Gasteiger partial charge in [-0.2, -0.15) is 0 Å². The molecular weight excluding hydrogens is 724 g/mol. The maximum Gasteiger partial charge on any atom is 0.307 e. The van der Waals surface area contributed by atoms with Crippen LogP contribution in [0.3, 0.4) is 0 Å². The smallest absolute Gasteiger partial charge is 0.307 e. The van der Waals surface area contributed by atoms with Gasteiger partial charge in [0.2, 0.25) is 0 Å². The van der Waals surface area contributed by atoms with Gasteiger partial charge in [-0.3, -0.25) is 14.4 Å². The lowest BCUT2D eigenvalue weighted by atomic mass is 10.0. The molecule has 0 radical (unpaired) electrons. The Morgan fingerprint density at radius 3 is 1.46 bits per heavy atom. The van der Waals surface area contributed by atoms with Crippen molar-refractivity contribution < 1.29 is 60.0 Å². The zero-order chi connectivity index (χ0) is 40.8. The number of carboxylic acids is 1. The number of carbonyl (C=O) groups excluding carboxylic acids is 1. The van der Waals surface area contributed by atoms with E-state index < -0.39 is 5.97 Å². The molecule has 0 amide bonds. The zero-order valence-electron chi connectivity index (χ0n) is 29.4. The van der Waals surface area contributed by atoms with Crippen LogP contribution in [0.4, 0.5) is 0 Å². The Bertz CT molecular complexity index is 2440. The van der Waals surface area contributed by atoms with Crippen molar-refractivity contribution in [3.63, 3.8) is 0 Å². The Hall–Kier alpha value is -7.93. The molecule has 13 heteroatoms. The first-order chi connectivity index (χ1) is 26.7. The Morgan fingerprint density at radius 1 is 0.500 bits per heavy atom. The Balaban J connectivity index is 0.000000174. The molecule has 6 aromatic carbocycles. The van der Waals surface area contributed by atoms with Crippen molar-refractivity contribution in [1.82, 2.24) is 0 Å². The van der Waals surface area contributed by atoms with E-state index in [4.69, 9.17) is 35.1 Å². The Morgan fingerprint density at radius 2 is 0.964 bits per heavy atom. The van der Waals surface area contributed by atoms with E-state index in [0.717, 1.165) is 11.6 Å². The van der Waals surface area contributed by atoms with Gasteiger partial charge in [0.05, 0.1) is 22.9 Å². The van der Waals surface area contributed by atoms with E-state index in [-0.39, 0.29) is 75.6 Å². The molecule has 0 aliphatic rings. The summed E-state index contributed by atoms with van der Waals surface area (Å²) in [6, 6.07) is 32.8. The van der Waals surface area contributed by atoms with Gasteiger partial charge in [0.25, 0.3) is 0 Å². The summed E-state index contributed by atoms with van der Waals surface area (Å²) in [4.78, 5) is 34.4. The van der Waals surface area contributed by atoms with Crippen LogP contribution >= 0.6 is 0 Å². The molecule has 7 rings (SSSR count). The van der Waals surface area contributed by atoms with Crippen molar-refractivity contribution in [3.05, 3.63) is 167 Å². The van der Waals surface area contributed by atoms with Crippen LogP contribution in [0.25, 0.3) is 22.1 Å². The van der Waals surface area contributed by atoms with Gasteiger partial charge in [-0.05, 0) is 89.5 Å². The number of rotatable bonds is 6. The number of phenols is 8. The maximum atomic E-state index is 12.3. The predicted octanol–water partition coefficient (Wildman–Crippen LogP) is 7.22. The second-order valence-electron chi connectivity index (χ2n) is 11.9. The quantitative estimate of drug-likeness (QED) is 0.0761. The highest BCUT2D eigenvalue weighted by atomic mass is 16.4. The van der Waals surface area contributed by atoms with Crippen molar-refractivity contribution in [2.75, 3.05) is 0 Å². The highest BCUT2D eigenvalue weighted by Gasteiger charge is 2.13. The summed E-state index contributed by atoms with van der Waals surface area (Å²) in [5.41, 5.74) is 2.85. The van der Waals surface area contributed by atoms with Crippen molar-refractivity contribution in [3.8, 4) is 57.1 Å².